The van der Waals surface area contributed by atoms with Gasteiger partial charge in [0, 0.05) is 6.07 Å². The van der Waals surface area contributed by atoms with Crippen LogP contribution in [0.15, 0.2) is 12.1 Å². The van der Waals surface area contributed by atoms with Crippen LogP contribution in [0.4, 0.5) is 21.7 Å². The first-order valence-electron chi connectivity index (χ1n) is 3.20. The molecule has 0 aliphatic rings. The van der Waals surface area contributed by atoms with Crippen LogP contribution in [0.5, 0.6) is 5.75 Å². The summed E-state index contributed by atoms with van der Waals surface area (Å²) in [6.07, 6.45) is 0. The van der Waals surface area contributed by atoms with Gasteiger partial charge in [-0.05, 0) is 6.07 Å². The number of hydrogen-bond donors (Lipinski definition) is 1. The molecule has 1 aromatic rings. The molecule has 1 aromatic carbocycles. The molecule has 0 bridgehead atoms. The van der Waals surface area contributed by atoms with Crippen molar-refractivity contribution in [2.75, 3.05) is 0 Å². The summed E-state index contributed by atoms with van der Waals surface area (Å²) in [4.78, 5) is 0. The monoisotopic (exact) mass is 236 g/mol. The Bertz CT molecular complexity index is 340. The molecule has 0 aliphatic carbocycles. The number of phenolic OH excluding ortho intramolecular Hbond substituents is 1. The Balaban J connectivity index is 0.00000169. The minimum absolute atomic E-state index is 0. The smallest absolute Gasteiger partial charge is 0.508 e. The fourth-order valence-corrected chi connectivity index (χ4v) is 0.834. The molecule has 0 aromatic heterocycles. The summed E-state index contributed by atoms with van der Waals surface area (Å²) in [5, 5.41) is 8.59. The Hall–Kier alpha value is 0.371. The largest absolute Gasteiger partial charge is 1.00 e. The average molecular weight is 236 g/mol. The molecule has 0 heterocycles. The quantitative estimate of drug-likeness (QED) is 0.476. The summed E-state index contributed by atoms with van der Waals surface area (Å²) in [5.41, 5.74) is -1.75. The molecule has 0 aliphatic heterocycles. The van der Waals surface area contributed by atoms with Crippen LogP contribution in [0.1, 0.15) is 0 Å². The maximum atomic E-state index is 12.5. The number of halogens is 5. The summed E-state index contributed by atoms with van der Waals surface area (Å²) < 4.78 is 60.7. The topological polar surface area (TPSA) is 20.2 Å². The van der Waals surface area contributed by atoms with Crippen LogP contribution in [-0.4, -0.2) is 12.1 Å². The van der Waals surface area contributed by atoms with Crippen molar-refractivity contribution in [1.29, 1.82) is 0 Å². The first kappa shape index (κ1) is 14.4. The second-order valence-electron chi connectivity index (χ2n) is 2.41. The summed E-state index contributed by atoms with van der Waals surface area (Å²) in [5.74, 6) is -4.65. The molecule has 0 unspecified atom stereocenters. The van der Waals surface area contributed by atoms with Crippen LogP contribution < -0.4 is 56.8 Å². The van der Waals surface area contributed by atoms with Gasteiger partial charge in [-0.15, -0.1) is 0 Å². The average Bonchev–Trinajstić information content (AvgIpc) is 1.94. The van der Waals surface area contributed by atoms with Gasteiger partial charge in [0.25, 0.3) is 0 Å². The van der Waals surface area contributed by atoms with E-state index in [1.807, 2.05) is 0 Å². The van der Waals surface area contributed by atoms with Crippen molar-refractivity contribution in [3.8, 4) is 5.75 Å². The van der Waals surface area contributed by atoms with E-state index in [0.29, 0.717) is 0 Å². The van der Waals surface area contributed by atoms with Crippen LogP contribution in [0.3, 0.4) is 0 Å². The second kappa shape index (κ2) is 4.93. The molecule has 14 heavy (non-hydrogen) atoms. The molecule has 0 radical (unpaired) electrons. The molecule has 8 heteroatoms. The number of rotatable bonds is 1. The standard InChI is InChI=1S/C6H3BF5O.K/c8-5-2-3(13)1-4(6(5)9)7(10,11)12;/h1-2,13H;/q-1;+1. The van der Waals surface area contributed by atoms with Crippen LogP contribution in [0.25, 0.3) is 0 Å². The van der Waals surface area contributed by atoms with Gasteiger partial charge in [0.15, 0.2) is 5.82 Å². The van der Waals surface area contributed by atoms with Crippen LogP contribution in [-0.2, 0) is 0 Å². The minimum atomic E-state index is -5.64. The second-order valence-corrected chi connectivity index (χ2v) is 2.41. The predicted molar refractivity (Wildman–Crippen MR) is 36.7 cm³/mol. The fraction of sp³-hybridized carbons (Fsp3) is 0. The number of phenols is 1. The number of benzene rings is 1. The first-order chi connectivity index (χ1) is 5.82. The summed E-state index contributed by atoms with van der Waals surface area (Å²) in [6.45, 7) is -5.64. The molecule has 0 atom stereocenters. The van der Waals surface area contributed by atoms with Gasteiger partial charge in [-0.3, -0.25) is 0 Å². The minimum Gasteiger partial charge on any atom is -0.508 e. The van der Waals surface area contributed by atoms with E-state index in [4.69, 9.17) is 5.11 Å². The molecular formula is C6H3BF5KO. The third-order valence-corrected chi connectivity index (χ3v) is 1.39. The third-order valence-electron chi connectivity index (χ3n) is 1.39. The van der Waals surface area contributed by atoms with Gasteiger partial charge in [0.2, 0.25) is 0 Å². The van der Waals surface area contributed by atoms with Crippen molar-refractivity contribution in [2.45, 2.75) is 0 Å². The predicted octanol–water partition coefficient (Wildman–Crippen LogP) is -1.27. The maximum Gasteiger partial charge on any atom is 1.00 e. The summed E-state index contributed by atoms with van der Waals surface area (Å²) in [7, 11) is 0. The zero-order valence-electron chi connectivity index (χ0n) is 7.07. The number of hydrogen-bond acceptors (Lipinski definition) is 1. The molecule has 0 saturated heterocycles. The van der Waals surface area contributed by atoms with Gasteiger partial charge in [0.05, 0.1) is 0 Å². The van der Waals surface area contributed by atoms with Crippen molar-refractivity contribution in [2.24, 2.45) is 0 Å². The van der Waals surface area contributed by atoms with Crippen molar-refractivity contribution in [3.63, 3.8) is 0 Å². The SMILES string of the molecule is Oc1cc(F)c(F)c([B-](F)(F)F)c1.[K+]. The Labute approximate surface area is 119 Å². The van der Waals surface area contributed by atoms with Gasteiger partial charge >= 0.3 is 58.4 Å². The Morgan fingerprint density at radius 1 is 1.07 bits per heavy atom. The molecule has 0 amide bonds. The van der Waals surface area contributed by atoms with Crippen LogP contribution in [0.2, 0.25) is 0 Å². The van der Waals surface area contributed by atoms with Crippen molar-refractivity contribution in [3.05, 3.63) is 23.8 Å². The molecule has 1 nitrogen and oxygen atoms in total. The van der Waals surface area contributed by atoms with E-state index in [1.165, 1.54) is 0 Å². The van der Waals surface area contributed by atoms with E-state index in [9.17, 15) is 21.7 Å². The van der Waals surface area contributed by atoms with Gasteiger partial charge in [-0.25, -0.2) is 8.78 Å². The fourth-order valence-electron chi connectivity index (χ4n) is 0.834. The van der Waals surface area contributed by atoms with Crippen molar-refractivity contribution in [1.82, 2.24) is 0 Å². The third kappa shape index (κ3) is 3.20. The van der Waals surface area contributed by atoms with Gasteiger partial charge < -0.3 is 18.1 Å². The van der Waals surface area contributed by atoms with E-state index < -0.39 is 29.8 Å². The Morgan fingerprint density at radius 3 is 2.00 bits per heavy atom. The zero-order chi connectivity index (χ0) is 10.2. The van der Waals surface area contributed by atoms with Crippen LogP contribution in [0, 0.1) is 11.6 Å². The Morgan fingerprint density at radius 2 is 1.57 bits per heavy atom. The van der Waals surface area contributed by atoms with E-state index in [-0.39, 0.29) is 63.5 Å². The molecule has 0 fully saturated rings. The summed E-state index contributed by atoms with van der Waals surface area (Å²) >= 11 is 0. The first-order valence-corrected chi connectivity index (χ1v) is 3.20. The summed E-state index contributed by atoms with van der Waals surface area (Å²) in [6, 6.07) is 0.430. The van der Waals surface area contributed by atoms with Gasteiger partial charge in [-0.2, -0.15) is 0 Å². The van der Waals surface area contributed by atoms with Crippen molar-refractivity contribution < 1.29 is 78.2 Å². The zero-order valence-corrected chi connectivity index (χ0v) is 10.2. The van der Waals surface area contributed by atoms with E-state index in [0.717, 1.165) is 0 Å². The molecule has 0 spiro atoms. The number of aromatic hydroxyl groups is 1. The van der Waals surface area contributed by atoms with Crippen molar-refractivity contribution >= 4 is 12.4 Å². The normalized spacial score (nSPS) is 10.9. The van der Waals surface area contributed by atoms with Gasteiger partial charge in [-0.1, -0.05) is 5.46 Å². The molecule has 1 rings (SSSR count). The van der Waals surface area contributed by atoms with Gasteiger partial charge in [0.1, 0.15) is 11.6 Å². The maximum absolute atomic E-state index is 12.5. The molecule has 72 valence electrons. The molecule has 1 N–H and O–H groups in total. The van der Waals surface area contributed by atoms with E-state index in [1.54, 1.807) is 0 Å². The molecule has 0 saturated carbocycles. The Kier molecular flexibility index (Phi) is 5.06. The molecular weight excluding hydrogens is 233 g/mol. The van der Waals surface area contributed by atoms with E-state index in [2.05, 4.69) is 0 Å². The van der Waals surface area contributed by atoms with E-state index >= 15 is 0 Å². The van der Waals surface area contributed by atoms with Crippen LogP contribution >= 0.6 is 0 Å².